The van der Waals surface area contributed by atoms with Crippen LogP contribution in [0.4, 0.5) is 0 Å². The van der Waals surface area contributed by atoms with Crippen LogP contribution in [-0.2, 0) is 14.3 Å². The zero-order valence-corrected chi connectivity index (χ0v) is 11.6. The first kappa shape index (κ1) is 16.9. The molecule has 17 heavy (non-hydrogen) atoms. The van der Waals surface area contributed by atoms with Crippen molar-refractivity contribution in [3.05, 3.63) is 0 Å². The van der Waals surface area contributed by atoms with Crippen LogP contribution in [-0.4, -0.2) is 62.9 Å². The highest BCUT2D eigenvalue weighted by molar-refractivity contribution is 5.85. The van der Waals surface area contributed by atoms with Crippen molar-refractivity contribution >= 4 is 30.8 Å². The number of rotatable bonds is 2. The molecule has 2 rings (SSSR count). The Morgan fingerprint density at radius 2 is 2.00 bits per heavy atom. The van der Waals surface area contributed by atoms with Gasteiger partial charge in [0.05, 0.1) is 13.7 Å². The van der Waals surface area contributed by atoms with E-state index in [0.717, 1.165) is 32.6 Å². The molecule has 1 N–H and O–H groups in total. The lowest BCUT2D eigenvalue weighted by molar-refractivity contribution is -0.156. The maximum atomic E-state index is 11.9. The molecule has 0 aromatic carbocycles. The van der Waals surface area contributed by atoms with E-state index in [0.29, 0.717) is 13.2 Å². The predicted molar refractivity (Wildman–Crippen MR) is 69.1 cm³/mol. The SMILES string of the molecule is COC(=O)C1(N2CCNCC2)CCOC1.Cl.Cl. The lowest BCUT2D eigenvalue weighted by Crippen LogP contribution is -2.61. The van der Waals surface area contributed by atoms with E-state index in [-0.39, 0.29) is 30.8 Å². The van der Waals surface area contributed by atoms with Crippen molar-refractivity contribution in [3.8, 4) is 0 Å². The van der Waals surface area contributed by atoms with Crippen molar-refractivity contribution in [1.82, 2.24) is 10.2 Å². The average Bonchev–Trinajstić information content (AvgIpc) is 2.79. The first-order chi connectivity index (χ1) is 7.29. The van der Waals surface area contributed by atoms with E-state index in [1.165, 1.54) is 7.11 Å². The summed E-state index contributed by atoms with van der Waals surface area (Å²) in [5.74, 6) is -0.151. The molecular weight excluding hydrogens is 267 g/mol. The van der Waals surface area contributed by atoms with Crippen LogP contribution in [0.3, 0.4) is 0 Å². The van der Waals surface area contributed by atoms with E-state index in [1.807, 2.05) is 0 Å². The molecule has 1 atom stereocenters. The fourth-order valence-corrected chi connectivity index (χ4v) is 2.38. The molecule has 102 valence electrons. The van der Waals surface area contributed by atoms with E-state index in [4.69, 9.17) is 9.47 Å². The molecule has 5 nitrogen and oxygen atoms in total. The minimum absolute atomic E-state index is 0. The third kappa shape index (κ3) is 3.23. The number of esters is 1. The quantitative estimate of drug-likeness (QED) is 0.728. The molecule has 0 saturated carbocycles. The normalized spacial score (nSPS) is 29.0. The Hall–Kier alpha value is -0.0700. The van der Waals surface area contributed by atoms with Crippen molar-refractivity contribution in [3.63, 3.8) is 0 Å². The molecule has 0 radical (unpaired) electrons. The fraction of sp³-hybridized carbons (Fsp3) is 0.900. The third-order valence-electron chi connectivity index (χ3n) is 3.29. The maximum absolute atomic E-state index is 11.9. The van der Waals surface area contributed by atoms with E-state index < -0.39 is 5.54 Å². The van der Waals surface area contributed by atoms with Crippen molar-refractivity contribution in [2.45, 2.75) is 12.0 Å². The number of carbonyl (C=O) groups excluding carboxylic acids is 1. The van der Waals surface area contributed by atoms with Crippen LogP contribution in [0.2, 0.25) is 0 Å². The summed E-state index contributed by atoms with van der Waals surface area (Å²) in [4.78, 5) is 14.1. The molecular formula is C10H20Cl2N2O3. The number of halogens is 2. The molecule has 7 heteroatoms. The van der Waals surface area contributed by atoms with Gasteiger partial charge >= 0.3 is 5.97 Å². The van der Waals surface area contributed by atoms with Gasteiger partial charge in [0.15, 0.2) is 0 Å². The number of piperazine rings is 1. The highest BCUT2D eigenvalue weighted by Crippen LogP contribution is 2.27. The Balaban J connectivity index is 0.00000128. The predicted octanol–water partition coefficient (Wildman–Crippen LogP) is 0.0673. The fourth-order valence-electron chi connectivity index (χ4n) is 2.38. The molecule has 2 saturated heterocycles. The summed E-state index contributed by atoms with van der Waals surface area (Å²) in [5.41, 5.74) is -0.517. The molecule has 2 fully saturated rings. The van der Waals surface area contributed by atoms with Crippen LogP contribution in [0.15, 0.2) is 0 Å². The number of nitrogens with zero attached hydrogens (tertiary/aromatic N) is 1. The Labute approximate surface area is 114 Å². The maximum Gasteiger partial charge on any atom is 0.328 e. The highest BCUT2D eigenvalue weighted by atomic mass is 35.5. The number of ether oxygens (including phenoxy) is 2. The molecule has 0 amide bonds. The number of hydrogen-bond acceptors (Lipinski definition) is 5. The number of carbonyl (C=O) groups is 1. The Bertz CT molecular complexity index is 242. The van der Waals surface area contributed by atoms with E-state index >= 15 is 0 Å². The Morgan fingerprint density at radius 1 is 1.35 bits per heavy atom. The Morgan fingerprint density at radius 3 is 2.47 bits per heavy atom. The minimum atomic E-state index is -0.517. The van der Waals surface area contributed by atoms with Gasteiger partial charge in [-0.2, -0.15) is 0 Å². The summed E-state index contributed by atoms with van der Waals surface area (Å²) >= 11 is 0. The van der Waals surface area contributed by atoms with Gasteiger partial charge in [-0.05, 0) is 0 Å². The number of methoxy groups -OCH3 is 1. The summed E-state index contributed by atoms with van der Waals surface area (Å²) < 4.78 is 10.3. The van der Waals surface area contributed by atoms with Gasteiger partial charge in [-0.1, -0.05) is 0 Å². The van der Waals surface area contributed by atoms with Crippen LogP contribution >= 0.6 is 24.8 Å². The molecule has 1 unspecified atom stereocenters. The van der Waals surface area contributed by atoms with Gasteiger partial charge in [-0.3, -0.25) is 4.90 Å². The van der Waals surface area contributed by atoms with Gasteiger partial charge in [0.2, 0.25) is 0 Å². The molecule has 0 aromatic heterocycles. The molecule has 2 aliphatic rings. The molecule has 2 aliphatic heterocycles. The van der Waals surface area contributed by atoms with Crippen LogP contribution in [0.1, 0.15) is 6.42 Å². The lowest BCUT2D eigenvalue weighted by Gasteiger charge is -2.40. The summed E-state index contributed by atoms with van der Waals surface area (Å²) in [6.45, 7) is 4.76. The monoisotopic (exact) mass is 286 g/mol. The zero-order chi connectivity index (χ0) is 10.7. The molecule has 2 heterocycles. The van der Waals surface area contributed by atoms with Crippen molar-refractivity contribution < 1.29 is 14.3 Å². The summed E-state index contributed by atoms with van der Waals surface area (Å²) in [7, 11) is 1.45. The van der Waals surface area contributed by atoms with Gasteiger partial charge in [0.1, 0.15) is 5.54 Å². The summed E-state index contributed by atoms with van der Waals surface area (Å²) in [6.07, 6.45) is 0.750. The first-order valence-corrected chi connectivity index (χ1v) is 5.41. The van der Waals surface area contributed by atoms with Gasteiger partial charge in [-0.25, -0.2) is 4.79 Å². The van der Waals surface area contributed by atoms with E-state index in [1.54, 1.807) is 0 Å². The Kier molecular flexibility index (Phi) is 7.35. The molecule has 0 bridgehead atoms. The zero-order valence-electron chi connectivity index (χ0n) is 9.94. The number of hydrogen-bond donors (Lipinski definition) is 1. The van der Waals surface area contributed by atoms with Crippen molar-refractivity contribution in [1.29, 1.82) is 0 Å². The topological polar surface area (TPSA) is 50.8 Å². The second-order valence-electron chi connectivity index (χ2n) is 4.06. The molecule has 0 aromatic rings. The largest absolute Gasteiger partial charge is 0.468 e. The second kappa shape index (κ2) is 7.38. The van der Waals surface area contributed by atoms with Crippen molar-refractivity contribution in [2.75, 3.05) is 46.5 Å². The first-order valence-electron chi connectivity index (χ1n) is 5.41. The van der Waals surface area contributed by atoms with E-state index in [2.05, 4.69) is 10.2 Å². The van der Waals surface area contributed by atoms with Crippen LogP contribution in [0, 0.1) is 0 Å². The highest BCUT2D eigenvalue weighted by Gasteiger charge is 2.48. The average molecular weight is 287 g/mol. The summed E-state index contributed by atoms with van der Waals surface area (Å²) in [5, 5.41) is 3.28. The van der Waals surface area contributed by atoms with Gasteiger partial charge < -0.3 is 14.8 Å². The van der Waals surface area contributed by atoms with Crippen LogP contribution in [0.25, 0.3) is 0 Å². The van der Waals surface area contributed by atoms with Gasteiger partial charge in [0, 0.05) is 39.2 Å². The van der Waals surface area contributed by atoms with E-state index in [9.17, 15) is 4.79 Å². The molecule has 0 aliphatic carbocycles. The minimum Gasteiger partial charge on any atom is -0.468 e. The van der Waals surface area contributed by atoms with Gasteiger partial charge in [0.25, 0.3) is 0 Å². The van der Waals surface area contributed by atoms with Crippen LogP contribution in [0.5, 0.6) is 0 Å². The van der Waals surface area contributed by atoms with Crippen molar-refractivity contribution in [2.24, 2.45) is 0 Å². The second-order valence-corrected chi connectivity index (χ2v) is 4.06. The standard InChI is InChI=1S/C10H18N2O3.2ClH/c1-14-9(13)10(2-7-15-8-10)12-5-3-11-4-6-12;;/h11H,2-8H2,1H3;2*1H. The number of nitrogens with one attached hydrogen (secondary N) is 1. The third-order valence-corrected chi connectivity index (χ3v) is 3.29. The molecule has 0 spiro atoms. The van der Waals surface area contributed by atoms with Crippen LogP contribution < -0.4 is 5.32 Å². The lowest BCUT2D eigenvalue weighted by atomic mass is 9.95. The smallest absolute Gasteiger partial charge is 0.328 e. The van der Waals surface area contributed by atoms with Gasteiger partial charge in [-0.15, -0.1) is 24.8 Å². The summed E-state index contributed by atoms with van der Waals surface area (Å²) in [6, 6.07) is 0.